The highest BCUT2D eigenvalue weighted by molar-refractivity contribution is 5.76. The lowest BCUT2D eigenvalue weighted by Gasteiger charge is -2.24. The van der Waals surface area contributed by atoms with Crippen LogP contribution < -0.4 is 5.32 Å². The second-order valence-electron chi connectivity index (χ2n) is 3.41. The molecule has 0 saturated carbocycles. The minimum Gasteiger partial charge on any atom is -0.395 e. The van der Waals surface area contributed by atoms with Gasteiger partial charge >= 0.3 is 0 Å². The smallest absolute Gasteiger partial charge is 0.131 e. The summed E-state index contributed by atoms with van der Waals surface area (Å²) in [5.74, 6) is 0.167. The molecule has 0 radical (unpaired) electrons. The van der Waals surface area contributed by atoms with Crippen LogP contribution in [-0.2, 0) is 4.79 Å². The molecule has 0 fully saturated rings. The molecule has 3 nitrogen and oxygen atoms in total. The van der Waals surface area contributed by atoms with E-state index in [4.69, 9.17) is 5.11 Å². The quantitative estimate of drug-likeness (QED) is 0.607. The topological polar surface area (TPSA) is 49.3 Å². The van der Waals surface area contributed by atoms with Crippen LogP contribution in [0.3, 0.4) is 0 Å². The van der Waals surface area contributed by atoms with Crippen LogP contribution >= 0.6 is 0 Å². The zero-order chi connectivity index (χ0) is 8.91. The Bertz CT molecular complexity index is 132. The molecule has 0 aliphatic carbocycles. The Hall–Kier alpha value is -0.410. The first-order valence-corrected chi connectivity index (χ1v) is 3.83. The molecule has 0 unspecified atom stereocenters. The molecule has 2 N–H and O–H groups in total. The van der Waals surface area contributed by atoms with Crippen molar-refractivity contribution in [3.63, 3.8) is 0 Å². The van der Waals surface area contributed by atoms with Gasteiger partial charge in [0, 0.05) is 18.5 Å². The molecular formula is C8H17NO2. The minimum absolute atomic E-state index is 0.112. The summed E-state index contributed by atoms with van der Waals surface area (Å²) in [6, 6.07) is 0. The molecule has 3 heteroatoms. The van der Waals surface area contributed by atoms with Crippen molar-refractivity contribution in [3.8, 4) is 0 Å². The molecule has 11 heavy (non-hydrogen) atoms. The number of aliphatic hydroxyl groups excluding tert-OH is 1. The maximum atomic E-state index is 10.7. The highest BCUT2D eigenvalue weighted by Gasteiger charge is 2.17. The molecule has 0 spiro atoms. The summed E-state index contributed by atoms with van der Waals surface area (Å²) >= 11 is 0. The van der Waals surface area contributed by atoms with Crippen molar-refractivity contribution >= 4 is 5.78 Å². The van der Waals surface area contributed by atoms with E-state index in [0.717, 1.165) is 0 Å². The normalized spacial score (nSPS) is 11.6. The first-order valence-electron chi connectivity index (χ1n) is 3.83. The molecule has 0 bridgehead atoms. The summed E-state index contributed by atoms with van der Waals surface area (Å²) in [6.07, 6.45) is 0.507. The number of β-amino-alcohol motifs (C(OH)–C–C–N with tert-alkyl or cyclic N) is 1. The van der Waals surface area contributed by atoms with Crippen molar-refractivity contribution in [2.75, 3.05) is 13.2 Å². The van der Waals surface area contributed by atoms with Gasteiger partial charge in [0.15, 0.2) is 0 Å². The van der Waals surface area contributed by atoms with Crippen LogP contribution in [0.15, 0.2) is 0 Å². The number of carbonyl (C=O) groups is 1. The highest BCUT2D eigenvalue weighted by atomic mass is 16.3. The van der Waals surface area contributed by atoms with E-state index in [9.17, 15) is 4.79 Å². The lowest BCUT2D eigenvalue weighted by Crippen LogP contribution is -2.42. The zero-order valence-corrected chi connectivity index (χ0v) is 7.48. The Labute approximate surface area is 67.8 Å². The molecular weight excluding hydrogens is 142 g/mol. The molecule has 0 atom stereocenters. The molecule has 0 aromatic carbocycles. The monoisotopic (exact) mass is 159 g/mol. The fourth-order valence-corrected chi connectivity index (χ4v) is 1.08. The molecule has 0 amide bonds. The molecule has 0 heterocycles. The molecule has 0 aromatic heterocycles. The average molecular weight is 159 g/mol. The average Bonchev–Trinajstić information content (AvgIpc) is 1.81. The Balaban J connectivity index is 3.70. The van der Waals surface area contributed by atoms with E-state index in [1.807, 2.05) is 13.8 Å². The highest BCUT2D eigenvalue weighted by Crippen LogP contribution is 2.07. The van der Waals surface area contributed by atoms with Crippen LogP contribution in [0.25, 0.3) is 0 Å². The van der Waals surface area contributed by atoms with Gasteiger partial charge in [0.25, 0.3) is 0 Å². The van der Waals surface area contributed by atoms with Crippen LogP contribution in [0.4, 0.5) is 0 Å². The van der Waals surface area contributed by atoms with Crippen LogP contribution in [0, 0.1) is 0 Å². The predicted molar refractivity (Wildman–Crippen MR) is 44.5 cm³/mol. The van der Waals surface area contributed by atoms with Gasteiger partial charge in [-0.3, -0.25) is 4.79 Å². The standard InChI is InChI=1S/C8H17NO2/c1-7(11)6-8(2,3)9-4-5-10/h9-10H,4-6H2,1-3H3. The number of nitrogens with one attached hydrogen (secondary N) is 1. The molecule has 0 rings (SSSR count). The second kappa shape index (κ2) is 4.46. The van der Waals surface area contributed by atoms with Crippen molar-refractivity contribution < 1.29 is 9.90 Å². The van der Waals surface area contributed by atoms with Gasteiger partial charge < -0.3 is 10.4 Å². The Morgan fingerprint density at radius 3 is 2.45 bits per heavy atom. The number of Topliss-reactive ketones (excluding diaryl/α,β-unsaturated/α-hetero) is 1. The van der Waals surface area contributed by atoms with Gasteiger partial charge in [0.05, 0.1) is 6.61 Å². The first kappa shape index (κ1) is 10.6. The third-order valence-electron chi connectivity index (χ3n) is 1.41. The van der Waals surface area contributed by atoms with E-state index >= 15 is 0 Å². The predicted octanol–water partition coefficient (Wildman–Crippen LogP) is 0.326. The summed E-state index contributed by atoms with van der Waals surface area (Å²) in [6.45, 7) is 6.12. The summed E-state index contributed by atoms with van der Waals surface area (Å²) in [5.41, 5.74) is -0.186. The number of hydrogen-bond acceptors (Lipinski definition) is 3. The molecule has 0 aromatic rings. The number of carbonyl (C=O) groups excluding carboxylic acids is 1. The van der Waals surface area contributed by atoms with Gasteiger partial charge in [0.1, 0.15) is 5.78 Å². The zero-order valence-electron chi connectivity index (χ0n) is 7.48. The lowest BCUT2D eigenvalue weighted by molar-refractivity contribution is -0.118. The van der Waals surface area contributed by atoms with Gasteiger partial charge in [-0.05, 0) is 20.8 Å². The van der Waals surface area contributed by atoms with Crippen molar-refractivity contribution in [2.24, 2.45) is 0 Å². The fourth-order valence-electron chi connectivity index (χ4n) is 1.08. The summed E-state index contributed by atoms with van der Waals surface area (Å²) < 4.78 is 0. The van der Waals surface area contributed by atoms with Crippen LogP contribution in [0.5, 0.6) is 0 Å². The van der Waals surface area contributed by atoms with Crippen LogP contribution in [0.1, 0.15) is 27.2 Å². The second-order valence-corrected chi connectivity index (χ2v) is 3.41. The van der Waals surface area contributed by atoms with E-state index in [1.165, 1.54) is 0 Å². The maximum Gasteiger partial charge on any atom is 0.131 e. The van der Waals surface area contributed by atoms with Crippen molar-refractivity contribution in [2.45, 2.75) is 32.7 Å². The van der Waals surface area contributed by atoms with Gasteiger partial charge in [-0.1, -0.05) is 0 Å². The Morgan fingerprint density at radius 2 is 2.09 bits per heavy atom. The van der Waals surface area contributed by atoms with E-state index in [0.29, 0.717) is 13.0 Å². The summed E-state index contributed by atoms with van der Waals surface area (Å²) in [4.78, 5) is 10.7. The maximum absolute atomic E-state index is 10.7. The number of rotatable bonds is 5. The fraction of sp³-hybridized carbons (Fsp3) is 0.875. The van der Waals surface area contributed by atoms with E-state index in [1.54, 1.807) is 6.92 Å². The first-order chi connectivity index (χ1) is 4.98. The van der Waals surface area contributed by atoms with Gasteiger partial charge in [0.2, 0.25) is 0 Å². The molecule has 0 aliphatic heterocycles. The van der Waals surface area contributed by atoms with E-state index in [-0.39, 0.29) is 17.9 Å². The van der Waals surface area contributed by atoms with Crippen molar-refractivity contribution in [1.29, 1.82) is 0 Å². The van der Waals surface area contributed by atoms with Crippen LogP contribution in [-0.4, -0.2) is 29.6 Å². The SMILES string of the molecule is CC(=O)CC(C)(C)NCCO. The number of ketones is 1. The van der Waals surface area contributed by atoms with Gasteiger partial charge in [-0.15, -0.1) is 0 Å². The van der Waals surface area contributed by atoms with E-state index in [2.05, 4.69) is 5.32 Å². The van der Waals surface area contributed by atoms with E-state index < -0.39 is 0 Å². The molecule has 0 aliphatic rings. The largest absolute Gasteiger partial charge is 0.395 e. The Kier molecular flexibility index (Phi) is 4.30. The van der Waals surface area contributed by atoms with Crippen molar-refractivity contribution in [1.82, 2.24) is 5.32 Å². The third kappa shape index (κ3) is 6.01. The Morgan fingerprint density at radius 1 is 1.55 bits per heavy atom. The number of hydrogen-bond donors (Lipinski definition) is 2. The lowest BCUT2D eigenvalue weighted by atomic mass is 9.98. The molecule has 0 saturated heterocycles. The summed E-state index contributed by atoms with van der Waals surface area (Å²) in [7, 11) is 0. The van der Waals surface area contributed by atoms with Gasteiger partial charge in [-0.25, -0.2) is 0 Å². The minimum atomic E-state index is -0.186. The third-order valence-corrected chi connectivity index (χ3v) is 1.41. The van der Waals surface area contributed by atoms with Crippen molar-refractivity contribution in [3.05, 3.63) is 0 Å². The van der Waals surface area contributed by atoms with Crippen LogP contribution in [0.2, 0.25) is 0 Å². The van der Waals surface area contributed by atoms with Gasteiger partial charge in [-0.2, -0.15) is 0 Å². The number of aliphatic hydroxyl groups is 1. The summed E-state index contributed by atoms with van der Waals surface area (Å²) in [5, 5.41) is 11.6. The molecule has 66 valence electrons.